The molecule has 2 aliphatic heterocycles. The van der Waals surface area contributed by atoms with E-state index in [1.165, 1.54) is 11.8 Å². The maximum absolute atomic E-state index is 10.7. The summed E-state index contributed by atoms with van der Waals surface area (Å²) in [5, 5.41) is 11.3. The Hall–Kier alpha value is -0.970. The highest BCUT2D eigenvalue weighted by atomic mass is 32.2. The summed E-state index contributed by atoms with van der Waals surface area (Å²) in [5.74, 6) is -0.866. The van der Waals surface area contributed by atoms with Gasteiger partial charge in [0, 0.05) is 18.5 Å². The summed E-state index contributed by atoms with van der Waals surface area (Å²) in [4.78, 5) is 16.7. The number of carboxylic acid groups (broad SMARTS) is 1. The zero-order valence-corrected chi connectivity index (χ0v) is 7.17. The normalized spacial score (nSPS) is 21.5. The van der Waals surface area contributed by atoms with E-state index in [0.29, 0.717) is 5.70 Å². The average Bonchev–Trinajstić information content (AvgIpc) is 2.47. The molecule has 5 heteroatoms. The number of amidine groups is 1. The van der Waals surface area contributed by atoms with Crippen LogP contribution in [-0.2, 0) is 4.79 Å². The van der Waals surface area contributed by atoms with Crippen molar-refractivity contribution in [2.45, 2.75) is 6.42 Å². The SMILES string of the molecule is O=C(O)C1=CSC2=NCCCN12. The van der Waals surface area contributed by atoms with Gasteiger partial charge >= 0.3 is 5.97 Å². The Morgan fingerprint density at radius 2 is 2.58 bits per heavy atom. The van der Waals surface area contributed by atoms with Gasteiger partial charge in [-0.05, 0) is 6.42 Å². The molecule has 0 amide bonds. The second-order valence-electron chi connectivity index (χ2n) is 2.60. The summed E-state index contributed by atoms with van der Waals surface area (Å²) >= 11 is 1.40. The van der Waals surface area contributed by atoms with Gasteiger partial charge in [0.05, 0.1) is 0 Å². The summed E-state index contributed by atoms with van der Waals surface area (Å²) in [7, 11) is 0. The number of rotatable bonds is 1. The van der Waals surface area contributed by atoms with Crippen molar-refractivity contribution in [3.8, 4) is 0 Å². The monoisotopic (exact) mass is 184 g/mol. The second-order valence-corrected chi connectivity index (χ2v) is 3.43. The van der Waals surface area contributed by atoms with E-state index >= 15 is 0 Å². The van der Waals surface area contributed by atoms with E-state index in [1.54, 1.807) is 10.3 Å². The number of hydrogen-bond donors (Lipinski definition) is 1. The Kier molecular flexibility index (Phi) is 1.80. The molecule has 1 N–H and O–H groups in total. The van der Waals surface area contributed by atoms with Gasteiger partial charge < -0.3 is 10.0 Å². The van der Waals surface area contributed by atoms with Crippen LogP contribution in [0, 0.1) is 0 Å². The molecule has 0 fully saturated rings. The van der Waals surface area contributed by atoms with Crippen LogP contribution in [0.5, 0.6) is 0 Å². The van der Waals surface area contributed by atoms with E-state index in [-0.39, 0.29) is 0 Å². The van der Waals surface area contributed by atoms with Crippen molar-refractivity contribution in [1.29, 1.82) is 0 Å². The van der Waals surface area contributed by atoms with Gasteiger partial charge in [0.2, 0.25) is 0 Å². The number of thioether (sulfide) groups is 1. The molecule has 0 spiro atoms. The lowest BCUT2D eigenvalue weighted by Crippen LogP contribution is -2.32. The molecule has 0 saturated carbocycles. The van der Waals surface area contributed by atoms with Crippen LogP contribution in [0.25, 0.3) is 0 Å². The summed E-state index contributed by atoms with van der Waals surface area (Å²) < 4.78 is 0. The molecular formula is C7H8N2O2S. The summed E-state index contributed by atoms with van der Waals surface area (Å²) in [6, 6.07) is 0. The molecule has 0 aliphatic carbocycles. The summed E-state index contributed by atoms with van der Waals surface area (Å²) in [6.07, 6.45) is 0.939. The van der Waals surface area contributed by atoms with Gasteiger partial charge in [0.15, 0.2) is 5.17 Å². The molecule has 2 heterocycles. The number of fused-ring (bicyclic) bond motifs is 1. The Morgan fingerprint density at radius 1 is 1.75 bits per heavy atom. The predicted molar refractivity (Wildman–Crippen MR) is 46.9 cm³/mol. The summed E-state index contributed by atoms with van der Waals surface area (Å²) in [5.41, 5.74) is 0.360. The molecule has 0 aromatic rings. The first-order valence-electron chi connectivity index (χ1n) is 3.71. The molecule has 0 radical (unpaired) electrons. The number of aliphatic imine (C=N–C) groups is 1. The van der Waals surface area contributed by atoms with Gasteiger partial charge in [0.25, 0.3) is 0 Å². The van der Waals surface area contributed by atoms with Crippen LogP contribution in [-0.4, -0.2) is 34.2 Å². The maximum atomic E-state index is 10.7. The van der Waals surface area contributed by atoms with Crippen molar-refractivity contribution in [2.24, 2.45) is 4.99 Å². The number of carboxylic acids is 1. The topological polar surface area (TPSA) is 52.9 Å². The minimum atomic E-state index is -0.866. The fraction of sp³-hybridized carbons (Fsp3) is 0.429. The van der Waals surface area contributed by atoms with Crippen LogP contribution in [0.1, 0.15) is 6.42 Å². The number of carbonyl (C=O) groups is 1. The third-order valence-electron chi connectivity index (χ3n) is 1.80. The standard InChI is InChI=1S/C7H8N2O2S/c10-6(11)5-4-12-7-8-2-1-3-9(5)7/h4H,1-3H2,(H,10,11). The Bertz CT molecular complexity index is 285. The van der Waals surface area contributed by atoms with Gasteiger partial charge in [0.1, 0.15) is 5.70 Å². The number of nitrogens with zero attached hydrogens (tertiary/aromatic N) is 2. The zero-order valence-electron chi connectivity index (χ0n) is 6.36. The van der Waals surface area contributed by atoms with Gasteiger partial charge in [-0.1, -0.05) is 11.8 Å². The quantitative estimate of drug-likeness (QED) is 0.652. The first-order valence-corrected chi connectivity index (χ1v) is 4.59. The largest absolute Gasteiger partial charge is 0.477 e. The van der Waals surface area contributed by atoms with E-state index in [2.05, 4.69) is 4.99 Å². The van der Waals surface area contributed by atoms with E-state index in [0.717, 1.165) is 24.7 Å². The van der Waals surface area contributed by atoms with Crippen molar-refractivity contribution in [3.05, 3.63) is 11.1 Å². The van der Waals surface area contributed by atoms with E-state index in [9.17, 15) is 4.79 Å². The molecule has 4 nitrogen and oxygen atoms in total. The Morgan fingerprint density at radius 3 is 3.33 bits per heavy atom. The number of aliphatic carboxylic acids is 1. The molecular weight excluding hydrogens is 176 g/mol. The third kappa shape index (κ3) is 1.10. The van der Waals surface area contributed by atoms with E-state index in [1.807, 2.05) is 0 Å². The molecule has 0 atom stereocenters. The molecule has 0 unspecified atom stereocenters. The van der Waals surface area contributed by atoms with Crippen molar-refractivity contribution in [1.82, 2.24) is 4.90 Å². The van der Waals surface area contributed by atoms with Crippen LogP contribution in [0.4, 0.5) is 0 Å². The predicted octanol–water partition coefficient (Wildman–Crippen LogP) is 0.721. The average molecular weight is 184 g/mol. The minimum Gasteiger partial charge on any atom is -0.477 e. The smallest absolute Gasteiger partial charge is 0.353 e. The lowest BCUT2D eigenvalue weighted by molar-refractivity contribution is -0.133. The number of hydrogen-bond acceptors (Lipinski definition) is 4. The fourth-order valence-corrected chi connectivity index (χ4v) is 2.17. The van der Waals surface area contributed by atoms with Gasteiger partial charge in [-0.15, -0.1) is 0 Å². The first kappa shape index (κ1) is 7.67. The molecule has 0 bridgehead atoms. The summed E-state index contributed by atoms with van der Waals surface area (Å²) in [6.45, 7) is 1.60. The minimum absolute atomic E-state index is 0.360. The van der Waals surface area contributed by atoms with Gasteiger partial charge in [-0.2, -0.15) is 0 Å². The molecule has 0 aromatic heterocycles. The lowest BCUT2D eigenvalue weighted by Gasteiger charge is -2.22. The highest BCUT2D eigenvalue weighted by Gasteiger charge is 2.28. The lowest BCUT2D eigenvalue weighted by atomic mass is 10.3. The van der Waals surface area contributed by atoms with Crippen molar-refractivity contribution in [2.75, 3.05) is 13.1 Å². The molecule has 2 rings (SSSR count). The zero-order chi connectivity index (χ0) is 8.55. The highest BCUT2D eigenvalue weighted by Crippen LogP contribution is 2.28. The van der Waals surface area contributed by atoms with Crippen LogP contribution in [0.2, 0.25) is 0 Å². The third-order valence-corrected chi connectivity index (χ3v) is 2.71. The van der Waals surface area contributed by atoms with Crippen molar-refractivity contribution >= 4 is 22.9 Å². The van der Waals surface area contributed by atoms with Gasteiger partial charge in [-0.25, -0.2) is 4.79 Å². The maximum Gasteiger partial charge on any atom is 0.353 e. The molecule has 64 valence electrons. The van der Waals surface area contributed by atoms with Crippen LogP contribution in [0.3, 0.4) is 0 Å². The molecule has 0 saturated heterocycles. The molecule has 2 aliphatic rings. The first-order chi connectivity index (χ1) is 5.79. The fourth-order valence-electron chi connectivity index (χ4n) is 1.25. The second kappa shape index (κ2) is 2.82. The van der Waals surface area contributed by atoms with E-state index < -0.39 is 5.97 Å². The van der Waals surface area contributed by atoms with Crippen LogP contribution < -0.4 is 0 Å². The van der Waals surface area contributed by atoms with E-state index in [4.69, 9.17) is 5.11 Å². The molecule has 0 aromatic carbocycles. The van der Waals surface area contributed by atoms with Crippen LogP contribution >= 0.6 is 11.8 Å². The van der Waals surface area contributed by atoms with Crippen molar-refractivity contribution < 1.29 is 9.90 Å². The Balaban J connectivity index is 2.25. The van der Waals surface area contributed by atoms with Crippen molar-refractivity contribution in [3.63, 3.8) is 0 Å². The highest BCUT2D eigenvalue weighted by molar-refractivity contribution is 8.16. The Labute approximate surface area is 74.0 Å². The van der Waals surface area contributed by atoms with Gasteiger partial charge in [-0.3, -0.25) is 4.99 Å². The molecule has 12 heavy (non-hydrogen) atoms. The van der Waals surface area contributed by atoms with Crippen LogP contribution in [0.15, 0.2) is 16.1 Å².